The molecule has 2 aromatic heterocycles. The fourth-order valence-corrected chi connectivity index (χ4v) is 2.52. The lowest BCUT2D eigenvalue weighted by atomic mass is 10.0. The number of amides is 1. The van der Waals surface area contributed by atoms with Crippen molar-refractivity contribution in [1.29, 1.82) is 0 Å². The van der Waals surface area contributed by atoms with E-state index in [0.717, 1.165) is 16.9 Å². The summed E-state index contributed by atoms with van der Waals surface area (Å²) in [7, 11) is 0. The summed E-state index contributed by atoms with van der Waals surface area (Å²) in [5.74, 6) is 0.491. The molecule has 0 aliphatic heterocycles. The molecule has 0 aliphatic rings. The molecular formula is C19H19N3O2. The predicted octanol–water partition coefficient (Wildman–Crippen LogP) is 2.64. The van der Waals surface area contributed by atoms with Crippen LogP contribution in [0.5, 0.6) is 0 Å². The largest absolute Gasteiger partial charge is 0.387 e. The number of hydrogen-bond acceptors (Lipinski definition) is 3. The van der Waals surface area contributed by atoms with Gasteiger partial charge in [0.1, 0.15) is 5.82 Å². The number of carbonyl (C=O) groups excluding carboxylic acids is 1. The summed E-state index contributed by atoms with van der Waals surface area (Å²) >= 11 is 0. The van der Waals surface area contributed by atoms with Crippen LogP contribution in [0.4, 0.5) is 0 Å². The Hall–Kier alpha value is -2.92. The number of aryl methyl sites for hydroxylation is 1. The number of aliphatic hydroxyl groups excluding tert-OH is 1. The van der Waals surface area contributed by atoms with Crippen molar-refractivity contribution in [2.45, 2.75) is 13.0 Å². The lowest BCUT2D eigenvalue weighted by molar-refractivity contribution is 0.0915. The van der Waals surface area contributed by atoms with Crippen molar-refractivity contribution in [2.24, 2.45) is 0 Å². The Bertz CT molecular complexity index is 811. The monoisotopic (exact) mass is 321 g/mol. The van der Waals surface area contributed by atoms with Gasteiger partial charge in [-0.15, -0.1) is 0 Å². The summed E-state index contributed by atoms with van der Waals surface area (Å²) in [6, 6.07) is 14.9. The molecule has 0 radical (unpaired) electrons. The lowest BCUT2D eigenvalue weighted by Gasteiger charge is -2.14. The third-order valence-corrected chi connectivity index (χ3v) is 3.88. The van der Waals surface area contributed by atoms with E-state index in [1.54, 1.807) is 12.1 Å². The van der Waals surface area contributed by atoms with Crippen molar-refractivity contribution in [1.82, 2.24) is 14.9 Å². The van der Waals surface area contributed by atoms with Crippen LogP contribution in [-0.2, 0) is 0 Å². The molecule has 5 heteroatoms. The van der Waals surface area contributed by atoms with E-state index < -0.39 is 6.10 Å². The van der Waals surface area contributed by atoms with Crippen molar-refractivity contribution in [2.75, 3.05) is 6.54 Å². The molecule has 5 nitrogen and oxygen atoms in total. The van der Waals surface area contributed by atoms with Crippen molar-refractivity contribution < 1.29 is 9.90 Å². The second kappa shape index (κ2) is 7.10. The second-order valence-corrected chi connectivity index (χ2v) is 5.58. The third kappa shape index (κ3) is 3.52. The molecule has 0 bridgehead atoms. The number of aromatic nitrogens is 2. The minimum Gasteiger partial charge on any atom is -0.387 e. The molecule has 1 amide bonds. The van der Waals surface area contributed by atoms with Crippen LogP contribution in [0.25, 0.3) is 5.82 Å². The lowest BCUT2D eigenvalue weighted by Crippen LogP contribution is -2.28. The molecule has 3 aromatic rings. The highest BCUT2D eigenvalue weighted by Gasteiger charge is 2.12. The fraction of sp³-hybridized carbons (Fsp3) is 0.158. The van der Waals surface area contributed by atoms with E-state index in [9.17, 15) is 9.90 Å². The molecule has 0 fully saturated rings. The van der Waals surface area contributed by atoms with E-state index in [-0.39, 0.29) is 12.5 Å². The number of nitrogens with zero attached hydrogens (tertiary/aromatic N) is 2. The minimum absolute atomic E-state index is 0.156. The Labute approximate surface area is 140 Å². The standard InChI is InChI=1S/C19H19N3O2/c1-14-6-2-3-7-16(14)17(23)13-21-19(24)15-8-9-18(20-12-15)22-10-4-5-11-22/h2-12,17,23H,13H2,1H3,(H,21,24). The molecule has 2 heterocycles. The zero-order valence-electron chi connectivity index (χ0n) is 13.4. The van der Waals surface area contributed by atoms with Gasteiger partial charge < -0.3 is 15.0 Å². The fourth-order valence-electron chi connectivity index (χ4n) is 2.52. The Morgan fingerprint density at radius 1 is 1.17 bits per heavy atom. The van der Waals surface area contributed by atoms with E-state index in [1.165, 1.54) is 6.20 Å². The molecular weight excluding hydrogens is 302 g/mol. The highest BCUT2D eigenvalue weighted by Crippen LogP contribution is 2.16. The van der Waals surface area contributed by atoms with Crippen LogP contribution in [0.3, 0.4) is 0 Å². The van der Waals surface area contributed by atoms with Crippen LogP contribution in [0.1, 0.15) is 27.6 Å². The number of rotatable bonds is 5. The zero-order valence-corrected chi connectivity index (χ0v) is 13.4. The number of pyridine rings is 1. The van der Waals surface area contributed by atoms with Gasteiger partial charge in [0.15, 0.2) is 0 Å². The molecule has 0 aliphatic carbocycles. The average Bonchev–Trinajstić information content (AvgIpc) is 3.14. The average molecular weight is 321 g/mol. The van der Waals surface area contributed by atoms with E-state index in [2.05, 4.69) is 10.3 Å². The summed E-state index contributed by atoms with van der Waals surface area (Å²) < 4.78 is 1.86. The van der Waals surface area contributed by atoms with Crippen molar-refractivity contribution in [3.63, 3.8) is 0 Å². The molecule has 3 rings (SSSR count). The van der Waals surface area contributed by atoms with Crippen LogP contribution < -0.4 is 5.32 Å². The molecule has 24 heavy (non-hydrogen) atoms. The predicted molar refractivity (Wildman–Crippen MR) is 92.0 cm³/mol. The highest BCUT2D eigenvalue weighted by atomic mass is 16.3. The van der Waals surface area contributed by atoms with Gasteiger partial charge in [-0.05, 0) is 42.3 Å². The highest BCUT2D eigenvalue weighted by molar-refractivity contribution is 5.93. The van der Waals surface area contributed by atoms with E-state index in [1.807, 2.05) is 60.3 Å². The summed E-state index contributed by atoms with van der Waals surface area (Å²) in [5, 5.41) is 13.0. The second-order valence-electron chi connectivity index (χ2n) is 5.58. The molecule has 2 N–H and O–H groups in total. The molecule has 1 unspecified atom stereocenters. The molecule has 1 aromatic carbocycles. The first kappa shape index (κ1) is 16.0. The van der Waals surface area contributed by atoms with Gasteiger partial charge in [-0.25, -0.2) is 4.98 Å². The maximum atomic E-state index is 12.2. The van der Waals surface area contributed by atoms with Gasteiger partial charge in [0.05, 0.1) is 11.7 Å². The van der Waals surface area contributed by atoms with Gasteiger partial charge in [0.25, 0.3) is 5.91 Å². The Balaban J connectivity index is 1.62. The molecule has 0 saturated heterocycles. The van der Waals surface area contributed by atoms with E-state index in [4.69, 9.17) is 0 Å². The van der Waals surface area contributed by atoms with Crippen LogP contribution >= 0.6 is 0 Å². The normalized spacial score (nSPS) is 11.9. The number of hydrogen-bond donors (Lipinski definition) is 2. The SMILES string of the molecule is Cc1ccccc1C(O)CNC(=O)c1ccc(-n2cccc2)nc1. The molecule has 0 saturated carbocycles. The van der Waals surface area contributed by atoms with Crippen LogP contribution in [0.15, 0.2) is 67.1 Å². The van der Waals surface area contributed by atoms with Gasteiger partial charge in [-0.3, -0.25) is 4.79 Å². The first-order valence-corrected chi connectivity index (χ1v) is 7.76. The van der Waals surface area contributed by atoms with Gasteiger partial charge in [0, 0.05) is 25.1 Å². The summed E-state index contributed by atoms with van der Waals surface area (Å²) in [4.78, 5) is 16.5. The summed E-state index contributed by atoms with van der Waals surface area (Å²) in [5.41, 5.74) is 2.28. The van der Waals surface area contributed by atoms with Crippen molar-refractivity contribution >= 4 is 5.91 Å². The van der Waals surface area contributed by atoms with Gasteiger partial charge in [0.2, 0.25) is 0 Å². The van der Waals surface area contributed by atoms with Crippen molar-refractivity contribution in [3.8, 4) is 5.82 Å². The number of aliphatic hydroxyl groups is 1. The first-order valence-electron chi connectivity index (χ1n) is 7.76. The van der Waals surface area contributed by atoms with Gasteiger partial charge >= 0.3 is 0 Å². The van der Waals surface area contributed by atoms with E-state index in [0.29, 0.717) is 5.56 Å². The quantitative estimate of drug-likeness (QED) is 0.759. The Morgan fingerprint density at radius 2 is 1.92 bits per heavy atom. The summed E-state index contributed by atoms with van der Waals surface area (Å²) in [6.45, 7) is 2.09. The Kier molecular flexibility index (Phi) is 4.72. The molecule has 0 spiro atoms. The maximum absolute atomic E-state index is 12.2. The van der Waals surface area contributed by atoms with Crippen molar-refractivity contribution in [3.05, 3.63) is 83.8 Å². The third-order valence-electron chi connectivity index (χ3n) is 3.88. The number of nitrogens with one attached hydrogen (secondary N) is 1. The van der Waals surface area contributed by atoms with Gasteiger partial charge in [-0.1, -0.05) is 24.3 Å². The smallest absolute Gasteiger partial charge is 0.252 e. The van der Waals surface area contributed by atoms with Crippen LogP contribution in [0, 0.1) is 6.92 Å². The maximum Gasteiger partial charge on any atom is 0.252 e. The summed E-state index contributed by atoms with van der Waals surface area (Å²) in [6.07, 6.45) is 4.58. The van der Waals surface area contributed by atoms with Gasteiger partial charge in [-0.2, -0.15) is 0 Å². The molecule has 1 atom stereocenters. The van der Waals surface area contributed by atoms with E-state index >= 15 is 0 Å². The Morgan fingerprint density at radius 3 is 2.58 bits per heavy atom. The first-order chi connectivity index (χ1) is 11.6. The number of carbonyl (C=O) groups is 1. The van der Waals surface area contributed by atoms with Crippen LogP contribution in [0.2, 0.25) is 0 Å². The topological polar surface area (TPSA) is 67.2 Å². The molecule has 122 valence electrons. The minimum atomic E-state index is -0.734. The number of benzene rings is 1. The van der Waals surface area contributed by atoms with Crippen LogP contribution in [-0.4, -0.2) is 27.1 Å². The zero-order chi connectivity index (χ0) is 16.9.